The van der Waals surface area contributed by atoms with Gasteiger partial charge in [0, 0.05) is 7.11 Å². The minimum atomic E-state index is -1.84. The van der Waals surface area contributed by atoms with Crippen molar-refractivity contribution in [2.75, 3.05) is 7.11 Å². The van der Waals surface area contributed by atoms with Crippen molar-refractivity contribution in [2.45, 2.75) is 77.3 Å². The maximum absolute atomic E-state index is 6.56. The fourth-order valence-corrected chi connectivity index (χ4v) is 5.06. The summed E-state index contributed by atoms with van der Waals surface area (Å²) in [5.41, 5.74) is 0. The standard InChI is InChI=1S/C13H29ClOSi/c1-4-6-8-9-10-11-13-16(14,15-3)12-7-5-2/h4-13H2,1-3H3. The van der Waals surface area contributed by atoms with Gasteiger partial charge in [0.2, 0.25) is 0 Å². The van der Waals surface area contributed by atoms with Crippen molar-refractivity contribution >= 4 is 18.7 Å². The number of hydrogen-bond donors (Lipinski definition) is 0. The first-order chi connectivity index (χ1) is 7.68. The molecule has 3 heteroatoms. The minimum absolute atomic E-state index is 1.12. The number of halogens is 1. The predicted octanol–water partition coefficient (Wildman–Crippen LogP) is 5.47. The highest BCUT2D eigenvalue weighted by Crippen LogP contribution is 2.26. The largest absolute Gasteiger partial charge is 0.406 e. The Morgan fingerprint density at radius 3 is 1.88 bits per heavy atom. The van der Waals surface area contributed by atoms with E-state index in [2.05, 4.69) is 13.8 Å². The Kier molecular flexibility index (Phi) is 10.9. The number of unbranched alkanes of at least 4 members (excludes halogenated alkanes) is 6. The summed E-state index contributed by atoms with van der Waals surface area (Å²) in [5, 5.41) is 0. The molecule has 1 atom stereocenters. The SMILES string of the molecule is CCCCCCCC[Si](Cl)(CCCC)OC. The molecule has 98 valence electrons. The summed E-state index contributed by atoms with van der Waals surface area (Å²) < 4.78 is 5.57. The second-order valence-corrected chi connectivity index (χ2v) is 9.95. The van der Waals surface area contributed by atoms with Crippen molar-refractivity contribution in [2.24, 2.45) is 0 Å². The van der Waals surface area contributed by atoms with Gasteiger partial charge < -0.3 is 4.43 Å². The van der Waals surface area contributed by atoms with Gasteiger partial charge in [-0.3, -0.25) is 0 Å². The lowest BCUT2D eigenvalue weighted by Gasteiger charge is -2.22. The van der Waals surface area contributed by atoms with Crippen LogP contribution in [0.1, 0.15) is 65.2 Å². The van der Waals surface area contributed by atoms with Crippen LogP contribution in [0.2, 0.25) is 12.1 Å². The van der Waals surface area contributed by atoms with Crippen LogP contribution in [-0.4, -0.2) is 14.7 Å². The lowest BCUT2D eigenvalue weighted by atomic mass is 10.1. The fourth-order valence-electron chi connectivity index (χ4n) is 1.94. The minimum Gasteiger partial charge on any atom is -0.406 e. The molecule has 0 spiro atoms. The van der Waals surface area contributed by atoms with E-state index in [4.69, 9.17) is 15.5 Å². The Morgan fingerprint density at radius 2 is 1.31 bits per heavy atom. The third-order valence-electron chi connectivity index (χ3n) is 3.17. The first kappa shape index (κ1) is 16.5. The van der Waals surface area contributed by atoms with Gasteiger partial charge in [-0.15, -0.1) is 11.1 Å². The van der Waals surface area contributed by atoms with E-state index in [0.717, 1.165) is 12.1 Å². The summed E-state index contributed by atoms with van der Waals surface area (Å²) in [4.78, 5) is 0. The van der Waals surface area contributed by atoms with E-state index in [-0.39, 0.29) is 0 Å². The summed E-state index contributed by atoms with van der Waals surface area (Å²) in [5.74, 6) is 0. The zero-order valence-electron chi connectivity index (χ0n) is 11.4. The Balaban J connectivity index is 3.53. The van der Waals surface area contributed by atoms with Gasteiger partial charge in [0.1, 0.15) is 0 Å². The summed E-state index contributed by atoms with van der Waals surface area (Å²) >= 11 is 6.56. The van der Waals surface area contributed by atoms with Gasteiger partial charge in [-0.2, -0.15) is 0 Å². The van der Waals surface area contributed by atoms with E-state index in [1.807, 2.05) is 0 Å². The van der Waals surface area contributed by atoms with Crippen LogP contribution < -0.4 is 0 Å². The first-order valence-corrected chi connectivity index (χ1v) is 10.3. The summed E-state index contributed by atoms with van der Waals surface area (Å²) in [6.07, 6.45) is 10.5. The Bertz CT molecular complexity index is 155. The third-order valence-corrected chi connectivity index (χ3v) is 7.70. The molecule has 1 unspecified atom stereocenters. The number of hydrogen-bond acceptors (Lipinski definition) is 1. The molecule has 0 aromatic carbocycles. The Hall–Kier alpha value is 0.467. The van der Waals surface area contributed by atoms with Crippen LogP contribution in [0.5, 0.6) is 0 Å². The van der Waals surface area contributed by atoms with Crippen molar-refractivity contribution in [1.82, 2.24) is 0 Å². The molecule has 16 heavy (non-hydrogen) atoms. The molecular weight excluding hydrogens is 236 g/mol. The highest BCUT2D eigenvalue weighted by Gasteiger charge is 2.29. The van der Waals surface area contributed by atoms with Crippen LogP contribution in [0.25, 0.3) is 0 Å². The smallest absolute Gasteiger partial charge is 0.289 e. The van der Waals surface area contributed by atoms with E-state index < -0.39 is 7.63 Å². The zero-order valence-corrected chi connectivity index (χ0v) is 13.1. The highest BCUT2D eigenvalue weighted by molar-refractivity contribution is 7.16. The second kappa shape index (κ2) is 10.6. The van der Waals surface area contributed by atoms with Gasteiger partial charge in [-0.05, 0) is 12.1 Å². The van der Waals surface area contributed by atoms with Crippen LogP contribution >= 0.6 is 11.1 Å². The van der Waals surface area contributed by atoms with Gasteiger partial charge in [-0.1, -0.05) is 65.2 Å². The fraction of sp³-hybridized carbons (Fsp3) is 1.00. The molecule has 0 radical (unpaired) electrons. The zero-order chi connectivity index (χ0) is 12.3. The molecule has 0 aliphatic rings. The molecule has 0 saturated carbocycles. The molecule has 0 aliphatic carbocycles. The van der Waals surface area contributed by atoms with Crippen LogP contribution in [0, 0.1) is 0 Å². The summed E-state index contributed by atoms with van der Waals surface area (Å²) in [7, 11) is -0.0430. The molecule has 0 heterocycles. The van der Waals surface area contributed by atoms with Crippen LogP contribution in [0.4, 0.5) is 0 Å². The van der Waals surface area contributed by atoms with Crippen molar-refractivity contribution in [1.29, 1.82) is 0 Å². The Morgan fingerprint density at radius 1 is 0.812 bits per heavy atom. The molecule has 0 bridgehead atoms. The van der Waals surface area contributed by atoms with Gasteiger partial charge in [0.15, 0.2) is 0 Å². The Labute approximate surface area is 108 Å². The van der Waals surface area contributed by atoms with Crippen molar-refractivity contribution in [3.63, 3.8) is 0 Å². The highest BCUT2D eigenvalue weighted by atomic mass is 35.6. The molecule has 0 aromatic heterocycles. The van der Waals surface area contributed by atoms with E-state index in [0.29, 0.717) is 0 Å². The van der Waals surface area contributed by atoms with Crippen LogP contribution in [0.15, 0.2) is 0 Å². The van der Waals surface area contributed by atoms with E-state index in [1.54, 1.807) is 7.11 Å². The number of rotatable bonds is 11. The van der Waals surface area contributed by atoms with E-state index >= 15 is 0 Å². The monoisotopic (exact) mass is 264 g/mol. The third kappa shape index (κ3) is 8.60. The molecule has 0 aromatic rings. The van der Waals surface area contributed by atoms with Gasteiger partial charge in [0.25, 0.3) is 7.63 Å². The topological polar surface area (TPSA) is 9.23 Å². The molecule has 0 aliphatic heterocycles. The molecule has 0 amide bonds. The molecule has 0 rings (SSSR count). The quantitative estimate of drug-likeness (QED) is 0.273. The van der Waals surface area contributed by atoms with Crippen molar-refractivity contribution < 1.29 is 4.43 Å². The maximum Gasteiger partial charge on any atom is 0.289 e. The normalized spacial score (nSPS) is 15.0. The maximum atomic E-state index is 6.56. The lowest BCUT2D eigenvalue weighted by Crippen LogP contribution is -2.29. The van der Waals surface area contributed by atoms with Crippen molar-refractivity contribution in [3.8, 4) is 0 Å². The van der Waals surface area contributed by atoms with Gasteiger partial charge >= 0.3 is 0 Å². The first-order valence-electron chi connectivity index (χ1n) is 6.92. The van der Waals surface area contributed by atoms with Crippen LogP contribution in [-0.2, 0) is 4.43 Å². The van der Waals surface area contributed by atoms with E-state index in [1.165, 1.54) is 51.4 Å². The lowest BCUT2D eigenvalue weighted by molar-refractivity contribution is 0.404. The molecule has 0 N–H and O–H groups in total. The molecule has 0 fully saturated rings. The average molecular weight is 265 g/mol. The predicted molar refractivity (Wildman–Crippen MR) is 76.5 cm³/mol. The van der Waals surface area contributed by atoms with Crippen molar-refractivity contribution in [3.05, 3.63) is 0 Å². The molecule has 0 saturated heterocycles. The van der Waals surface area contributed by atoms with Gasteiger partial charge in [0.05, 0.1) is 0 Å². The summed E-state index contributed by atoms with van der Waals surface area (Å²) in [6.45, 7) is 4.47. The van der Waals surface area contributed by atoms with Gasteiger partial charge in [-0.25, -0.2) is 0 Å². The van der Waals surface area contributed by atoms with Crippen LogP contribution in [0.3, 0.4) is 0 Å². The second-order valence-electron chi connectivity index (χ2n) is 4.71. The van der Waals surface area contributed by atoms with E-state index in [9.17, 15) is 0 Å². The molecule has 1 nitrogen and oxygen atoms in total. The molecular formula is C13H29ClOSi. The average Bonchev–Trinajstić information content (AvgIpc) is 2.31. The summed E-state index contributed by atoms with van der Waals surface area (Å²) in [6, 6.07) is 2.26.